The molecule has 2 heterocycles. The molecule has 4 aromatic rings. The number of aliphatic hydroxyl groups excluding tert-OH is 1. The van der Waals surface area contributed by atoms with Crippen LogP contribution in [0, 0.1) is 5.82 Å². The highest BCUT2D eigenvalue weighted by Gasteiger charge is 2.48. The fraction of sp³-hybridized carbons (Fsp3) is 0.207. The zero-order chi connectivity index (χ0) is 27.7. The Kier molecular flexibility index (Phi) is 7.21. The molecule has 0 spiro atoms. The van der Waals surface area contributed by atoms with Crippen molar-refractivity contribution in [3.8, 4) is 17.2 Å². The fourth-order valence-electron chi connectivity index (χ4n) is 4.47. The molecule has 39 heavy (non-hydrogen) atoms. The van der Waals surface area contributed by atoms with Crippen LogP contribution in [0.5, 0.6) is 17.2 Å². The largest absolute Gasteiger partial charge is 0.507 e. The van der Waals surface area contributed by atoms with Crippen LogP contribution in [0.1, 0.15) is 30.5 Å². The van der Waals surface area contributed by atoms with Crippen LogP contribution in [0.4, 0.5) is 9.52 Å². The number of carbonyl (C=O) groups excluding carboxylic acids is 2. The van der Waals surface area contributed by atoms with E-state index in [0.29, 0.717) is 45.2 Å². The number of methoxy groups -OCH3 is 2. The molecule has 1 fully saturated rings. The lowest BCUT2D eigenvalue weighted by Gasteiger charge is -2.23. The Labute approximate surface area is 227 Å². The van der Waals surface area contributed by atoms with Crippen LogP contribution in [0.2, 0.25) is 0 Å². The van der Waals surface area contributed by atoms with E-state index in [4.69, 9.17) is 14.2 Å². The van der Waals surface area contributed by atoms with Gasteiger partial charge < -0.3 is 19.3 Å². The molecule has 200 valence electrons. The Hall–Kier alpha value is -4.44. The number of Topliss-reactive ketones (excluding diaryl/α,β-unsaturated/α-hetero) is 1. The molecular weight excluding hydrogens is 523 g/mol. The van der Waals surface area contributed by atoms with Gasteiger partial charge in [-0.2, -0.15) is 0 Å². The first-order valence-electron chi connectivity index (χ1n) is 12.2. The van der Waals surface area contributed by atoms with E-state index in [0.717, 1.165) is 17.8 Å². The Balaban J connectivity index is 1.71. The van der Waals surface area contributed by atoms with E-state index in [1.165, 1.54) is 37.3 Å². The SMILES string of the molecule is CCCOc1cccc(C(O)=C2C(=O)C(=O)N(c3nc4ccc(F)cc4s3)C2c2ccc(OC)c(OC)c2)c1. The third-order valence-corrected chi connectivity index (χ3v) is 7.31. The van der Waals surface area contributed by atoms with Crippen molar-refractivity contribution in [1.82, 2.24) is 4.98 Å². The summed E-state index contributed by atoms with van der Waals surface area (Å²) in [6, 6.07) is 14.7. The third-order valence-electron chi connectivity index (χ3n) is 6.29. The highest BCUT2D eigenvalue weighted by atomic mass is 32.1. The first-order chi connectivity index (χ1) is 18.9. The summed E-state index contributed by atoms with van der Waals surface area (Å²) in [5, 5.41) is 11.7. The van der Waals surface area contributed by atoms with Crippen molar-refractivity contribution in [3.63, 3.8) is 0 Å². The molecule has 1 atom stereocenters. The van der Waals surface area contributed by atoms with Crippen molar-refractivity contribution in [3.05, 3.63) is 83.2 Å². The molecule has 1 N–H and O–H groups in total. The predicted molar refractivity (Wildman–Crippen MR) is 146 cm³/mol. The maximum absolute atomic E-state index is 13.9. The molecule has 0 aliphatic carbocycles. The fourth-order valence-corrected chi connectivity index (χ4v) is 5.48. The van der Waals surface area contributed by atoms with Crippen LogP contribution in [0.3, 0.4) is 0 Å². The average molecular weight is 549 g/mol. The monoisotopic (exact) mass is 548 g/mol. The molecule has 1 unspecified atom stereocenters. The summed E-state index contributed by atoms with van der Waals surface area (Å²) in [4.78, 5) is 32.8. The number of aliphatic hydroxyl groups is 1. The van der Waals surface area contributed by atoms with Crippen molar-refractivity contribution < 1.29 is 33.3 Å². The van der Waals surface area contributed by atoms with Gasteiger partial charge in [0, 0.05) is 5.56 Å². The number of anilines is 1. The van der Waals surface area contributed by atoms with Gasteiger partial charge in [0.1, 0.15) is 17.3 Å². The predicted octanol–water partition coefficient (Wildman–Crippen LogP) is 5.87. The molecule has 5 rings (SSSR count). The quantitative estimate of drug-likeness (QED) is 0.167. The van der Waals surface area contributed by atoms with Gasteiger partial charge in [-0.1, -0.05) is 36.5 Å². The van der Waals surface area contributed by atoms with Crippen LogP contribution < -0.4 is 19.1 Å². The number of hydrogen-bond donors (Lipinski definition) is 1. The van der Waals surface area contributed by atoms with Crippen LogP contribution in [0.15, 0.2) is 66.2 Å². The number of ketones is 1. The molecule has 1 aliphatic heterocycles. The van der Waals surface area contributed by atoms with Gasteiger partial charge in [0.15, 0.2) is 16.6 Å². The van der Waals surface area contributed by atoms with Gasteiger partial charge in [0.25, 0.3) is 5.78 Å². The summed E-state index contributed by atoms with van der Waals surface area (Å²) >= 11 is 1.07. The lowest BCUT2D eigenvalue weighted by molar-refractivity contribution is -0.132. The Bertz CT molecular complexity index is 1610. The molecule has 3 aromatic carbocycles. The Morgan fingerprint density at radius 2 is 1.85 bits per heavy atom. The second kappa shape index (κ2) is 10.7. The van der Waals surface area contributed by atoms with Crippen molar-refractivity contribution in [1.29, 1.82) is 0 Å². The summed E-state index contributed by atoms with van der Waals surface area (Å²) in [6.07, 6.45) is 0.798. The van der Waals surface area contributed by atoms with E-state index < -0.39 is 23.5 Å². The smallest absolute Gasteiger partial charge is 0.301 e. The second-order valence-corrected chi connectivity index (χ2v) is 9.78. The molecule has 10 heteroatoms. The molecule has 8 nitrogen and oxygen atoms in total. The molecule has 1 saturated heterocycles. The molecule has 1 amide bonds. The number of rotatable bonds is 8. The first kappa shape index (κ1) is 26.2. The van der Waals surface area contributed by atoms with E-state index >= 15 is 0 Å². The number of nitrogens with zero attached hydrogens (tertiary/aromatic N) is 2. The van der Waals surface area contributed by atoms with Gasteiger partial charge in [-0.05, 0) is 54.4 Å². The number of halogens is 1. The summed E-state index contributed by atoms with van der Waals surface area (Å²) in [5.41, 5.74) is 1.16. The molecule has 1 aromatic heterocycles. The lowest BCUT2D eigenvalue weighted by atomic mass is 9.95. The minimum atomic E-state index is -1.05. The zero-order valence-corrected chi connectivity index (χ0v) is 22.3. The maximum Gasteiger partial charge on any atom is 0.301 e. The average Bonchev–Trinajstić information content (AvgIpc) is 3.48. The number of ether oxygens (including phenoxy) is 3. The molecule has 0 bridgehead atoms. The number of thiazole rings is 1. The molecule has 0 radical (unpaired) electrons. The van der Waals surface area contributed by atoms with Gasteiger partial charge in [-0.15, -0.1) is 0 Å². The van der Waals surface area contributed by atoms with E-state index in [-0.39, 0.29) is 16.5 Å². The maximum atomic E-state index is 13.9. The Morgan fingerprint density at radius 1 is 1.05 bits per heavy atom. The highest BCUT2D eigenvalue weighted by molar-refractivity contribution is 7.22. The standard InChI is InChI=1S/C29H25FN2O6S/c1-4-12-38-19-7-5-6-17(13-19)26(33)24-25(16-8-11-21(36-2)22(14-16)37-3)32(28(35)27(24)34)29-31-20-10-9-18(30)15-23(20)39-29/h5-11,13-15,25,33H,4,12H2,1-3H3. The van der Waals surface area contributed by atoms with Gasteiger partial charge in [0.05, 0.1) is 42.7 Å². The van der Waals surface area contributed by atoms with E-state index in [1.54, 1.807) is 42.5 Å². The Morgan fingerprint density at radius 3 is 2.59 bits per heavy atom. The zero-order valence-electron chi connectivity index (χ0n) is 21.4. The summed E-state index contributed by atoms with van der Waals surface area (Å²) in [5.74, 6) is -1.19. The van der Waals surface area contributed by atoms with Crippen LogP contribution in [0.25, 0.3) is 16.0 Å². The summed E-state index contributed by atoms with van der Waals surface area (Å²) in [7, 11) is 2.97. The van der Waals surface area contributed by atoms with E-state index in [9.17, 15) is 19.1 Å². The summed E-state index contributed by atoms with van der Waals surface area (Å²) < 4.78 is 30.9. The minimum absolute atomic E-state index is 0.120. The number of aromatic nitrogens is 1. The third kappa shape index (κ3) is 4.79. The lowest BCUT2D eigenvalue weighted by Crippen LogP contribution is -2.29. The number of hydrogen-bond acceptors (Lipinski definition) is 8. The van der Waals surface area contributed by atoms with Gasteiger partial charge >= 0.3 is 5.91 Å². The number of amides is 1. The first-order valence-corrected chi connectivity index (χ1v) is 13.0. The van der Waals surface area contributed by atoms with E-state index in [2.05, 4.69) is 4.98 Å². The summed E-state index contributed by atoms with van der Waals surface area (Å²) in [6.45, 7) is 2.46. The van der Waals surface area contributed by atoms with Gasteiger partial charge in [-0.3, -0.25) is 14.5 Å². The van der Waals surface area contributed by atoms with Crippen LogP contribution >= 0.6 is 11.3 Å². The topological polar surface area (TPSA) is 98.2 Å². The van der Waals surface area contributed by atoms with Crippen LogP contribution in [-0.4, -0.2) is 42.6 Å². The van der Waals surface area contributed by atoms with Crippen molar-refractivity contribution in [2.45, 2.75) is 19.4 Å². The van der Waals surface area contributed by atoms with Gasteiger partial charge in [-0.25, -0.2) is 9.37 Å². The number of carbonyl (C=O) groups is 2. The molecular formula is C29H25FN2O6S. The minimum Gasteiger partial charge on any atom is -0.507 e. The van der Waals surface area contributed by atoms with Crippen molar-refractivity contribution in [2.75, 3.05) is 25.7 Å². The van der Waals surface area contributed by atoms with Gasteiger partial charge in [0.2, 0.25) is 0 Å². The van der Waals surface area contributed by atoms with Crippen molar-refractivity contribution >= 4 is 44.1 Å². The second-order valence-electron chi connectivity index (χ2n) is 8.77. The molecule has 1 aliphatic rings. The highest BCUT2D eigenvalue weighted by Crippen LogP contribution is 2.46. The van der Waals surface area contributed by atoms with Crippen LogP contribution in [-0.2, 0) is 9.59 Å². The normalized spacial score (nSPS) is 16.6. The number of fused-ring (bicyclic) bond motifs is 1. The van der Waals surface area contributed by atoms with E-state index in [1.807, 2.05) is 6.92 Å². The number of benzene rings is 3. The molecule has 0 saturated carbocycles. The van der Waals surface area contributed by atoms with Crippen molar-refractivity contribution in [2.24, 2.45) is 0 Å².